The Bertz CT molecular complexity index is 837. The number of nitriles is 1. The zero-order valence-electron chi connectivity index (χ0n) is 18.5. The van der Waals surface area contributed by atoms with Gasteiger partial charge in [-0.15, -0.1) is 0 Å². The lowest BCUT2D eigenvalue weighted by molar-refractivity contribution is -0.0646. The van der Waals surface area contributed by atoms with E-state index in [-0.39, 0.29) is 6.61 Å². The molecule has 1 aliphatic rings. The molecule has 168 valence electrons. The molecular formula is C24H32N2O5. The predicted octanol–water partition coefficient (Wildman–Crippen LogP) is 3.56. The van der Waals surface area contributed by atoms with Crippen molar-refractivity contribution in [3.05, 3.63) is 47.4 Å². The molecule has 2 atom stereocenters. The lowest BCUT2D eigenvalue weighted by Gasteiger charge is -2.42. The standard InChI is InChI=1S/C24H32N2O5/c1-4-5-6-7-13-30-19(17-29-12-8-11-27)16-26-22-20-14-18(15-25)9-10-21(20)31-24(2,3)23(22)28/h8-10,14,17,22-23,26,28H,4-7,12-13,16H2,1-3H3/t22-,23+/m0/s1. The summed E-state index contributed by atoms with van der Waals surface area (Å²) >= 11 is 0. The minimum absolute atomic E-state index is 0.105. The number of hydrogen-bond acceptors (Lipinski definition) is 7. The van der Waals surface area contributed by atoms with E-state index in [4.69, 9.17) is 14.2 Å². The van der Waals surface area contributed by atoms with E-state index in [9.17, 15) is 15.2 Å². The van der Waals surface area contributed by atoms with Crippen LogP contribution >= 0.6 is 0 Å². The van der Waals surface area contributed by atoms with Gasteiger partial charge in [-0.1, -0.05) is 26.2 Å². The Kier molecular flexibility index (Phi) is 9.61. The second-order valence-corrected chi connectivity index (χ2v) is 8.02. The molecule has 0 fully saturated rings. The number of rotatable bonds is 12. The highest BCUT2D eigenvalue weighted by Crippen LogP contribution is 2.40. The van der Waals surface area contributed by atoms with Crippen LogP contribution in [0.3, 0.4) is 0 Å². The molecule has 0 saturated heterocycles. The molecule has 0 amide bonds. The molecule has 7 heteroatoms. The molecule has 31 heavy (non-hydrogen) atoms. The number of unbranched alkanes of at least 4 members (excludes halogenated alkanes) is 3. The van der Waals surface area contributed by atoms with E-state index in [0.29, 0.717) is 30.2 Å². The van der Waals surface area contributed by atoms with Crippen molar-refractivity contribution in [2.75, 3.05) is 19.8 Å². The van der Waals surface area contributed by atoms with Gasteiger partial charge in [-0.05, 0) is 38.5 Å². The van der Waals surface area contributed by atoms with Crippen LogP contribution in [0, 0.1) is 11.3 Å². The van der Waals surface area contributed by atoms with Crippen molar-refractivity contribution in [3.8, 4) is 11.8 Å². The number of fused-ring (bicyclic) bond motifs is 1. The third-order valence-electron chi connectivity index (χ3n) is 5.13. The molecule has 7 nitrogen and oxygen atoms in total. The van der Waals surface area contributed by atoms with Gasteiger partial charge in [0.25, 0.3) is 0 Å². The van der Waals surface area contributed by atoms with Crippen LogP contribution in [0.4, 0.5) is 0 Å². The monoisotopic (exact) mass is 428 g/mol. The molecule has 0 radical (unpaired) electrons. The third kappa shape index (κ3) is 7.15. The molecule has 0 aliphatic carbocycles. The van der Waals surface area contributed by atoms with Gasteiger partial charge in [0, 0.05) is 11.6 Å². The second kappa shape index (κ2) is 12.2. The van der Waals surface area contributed by atoms with Gasteiger partial charge >= 0.3 is 0 Å². The van der Waals surface area contributed by atoms with Crippen LogP contribution in [0.25, 0.3) is 0 Å². The van der Waals surface area contributed by atoms with Crippen molar-refractivity contribution in [2.45, 2.75) is 64.2 Å². The van der Waals surface area contributed by atoms with Crippen molar-refractivity contribution in [1.29, 1.82) is 5.26 Å². The maximum absolute atomic E-state index is 10.9. The molecule has 2 rings (SSSR count). The predicted molar refractivity (Wildman–Crippen MR) is 117 cm³/mol. The first kappa shape index (κ1) is 24.5. The quantitative estimate of drug-likeness (QED) is 0.298. The van der Waals surface area contributed by atoms with Gasteiger partial charge < -0.3 is 24.6 Å². The Balaban J connectivity index is 2.13. The second-order valence-electron chi connectivity index (χ2n) is 8.02. The molecule has 1 heterocycles. The van der Waals surface area contributed by atoms with Crippen LogP contribution in [0.2, 0.25) is 0 Å². The summed E-state index contributed by atoms with van der Waals surface area (Å²) in [6.07, 6.45) is 6.19. The summed E-state index contributed by atoms with van der Waals surface area (Å²) in [4.78, 5) is 10.3. The van der Waals surface area contributed by atoms with Crippen LogP contribution < -0.4 is 10.1 Å². The van der Waals surface area contributed by atoms with Crippen molar-refractivity contribution >= 4 is 5.94 Å². The largest absolute Gasteiger partial charge is 0.493 e. The fraction of sp³-hybridized carbons (Fsp3) is 0.542. The van der Waals surface area contributed by atoms with Crippen LogP contribution in [0.15, 0.2) is 36.3 Å². The molecule has 2 N–H and O–H groups in total. The number of aliphatic hydroxyl groups excluding tert-OH is 1. The number of carbonyl (C=O) groups excluding carboxylic acids is 1. The van der Waals surface area contributed by atoms with Crippen LogP contribution in [-0.4, -0.2) is 42.5 Å². The summed E-state index contributed by atoms with van der Waals surface area (Å²) in [6.45, 7) is 6.75. The van der Waals surface area contributed by atoms with E-state index in [2.05, 4.69) is 18.3 Å². The fourth-order valence-electron chi connectivity index (χ4n) is 3.38. The van der Waals surface area contributed by atoms with Gasteiger partial charge in [0.05, 0.1) is 30.8 Å². The van der Waals surface area contributed by atoms with E-state index >= 15 is 0 Å². The van der Waals surface area contributed by atoms with Crippen LogP contribution in [0.5, 0.6) is 5.75 Å². The third-order valence-corrected chi connectivity index (χ3v) is 5.13. The molecule has 0 saturated carbocycles. The number of nitrogens with one attached hydrogen (secondary N) is 1. The lowest BCUT2D eigenvalue weighted by atomic mass is 9.86. The maximum atomic E-state index is 10.9. The number of benzene rings is 1. The van der Waals surface area contributed by atoms with E-state index < -0.39 is 17.7 Å². The topological polar surface area (TPSA) is 101 Å². The molecule has 1 aromatic rings. The smallest absolute Gasteiger partial charge is 0.144 e. The number of ether oxygens (including phenoxy) is 3. The van der Waals surface area contributed by atoms with Gasteiger partial charge in [0.1, 0.15) is 42.0 Å². The Morgan fingerprint density at radius 1 is 1.35 bits per heavy atom. The fourth-order valence-corrected chi connectivity index (χ4v) is 3.38. The summed E-state index contributed by atoms with van der Waals surface area (Å²) in [7, 11) is 0. The lowest BCUT2D eigenvalue weighted by Crippen LogP contribution is -2.52. The van der Waals surface area contributed by atoms with Crippen molar-refractivity contribution < 1.29 is 24.1 Å². The Hall–Kier alpha value is -2.78. The van der Waals surface area contributed by atoms with Gasteiger partial charge in [0.2, 0.25) is 0 Å². The number of nitrogens with zero attached hydrogens (tertiary/aromatic N) is 1. The average Bonchev–Trinajstić information content (AvgIpc) is 2.75. The highest BCUT2D eigenvalue weighted by atomic mass is 16.5. The summed E-state index contributed by atoms with van der Waals surface area (Å²) in [5, 5.41) is 23.5. The highest BCUT2D eigenvalue weighted by Gasteiger charge is 2.42. The zero-order chi connectivity index (χ0) is 22.7. The van der Waals surface area contributed by atoms with E-state index in [1.807, 2.05) is 13.8 Å². The highest BCUT2D eigenvalue weighted by molar-refractivity contribution is 5.46. The molecule has 0 unspecified atom stereocenters. The van der Waals surface area contributed by atoms with E-state index in [1.54, 1.807) is 24.1 Å². The van der Waals surface area contributed by atoms with Crippen molar-refractivity contribution in [1.82, 2.24) is 5.32 Å². The minimum atomic E-state index is -0.848. The molecule has 0 aromatic heterocycles. The van der Waals surface area contributed by atoms with Crippen molar-refractivity contribution in [3.63, 3.8) is 0 Å². The van der Waals surface area contributed by atoms with Gasteiger partial charge in [-0.25, -0.2) is 4.79 Å². The van der Waals surface area contributed by atoms with Gasteiger partial charge in [0.15, 0.2) is 0 Å². The summed E-state index contributed by atoms with van der Waals surface area (Å²) in [6, 6.07) is 6.84. The van der Waals surface area contributed by atoms with E-state index in [1.165, 1.54) is 12.3 Å². The first-order valence-corrected chi connectivity index (χ1v) is 10.7. The summed E-state index contributed by atoms with van der Waals surface area (Å²) in [5.74, 6) is 2.86. The first-order valence-electron chi connectivity index (χ1n) is 10.7. The average molecular weight is 429 g/mol. The molecular weight excluding hydrogens is 396 g/mol. The van der Waals surface area contributed by atoms with E-state index in [0.717, 1.165) is 31.2 Å². The van der Waals surface area contributed by atoms with Crippen LogP contribution in [-0.2, 0) is 14.3 Å². The molecule has 1 aliphatic heterocycles. The summed E-state index contributed by atoms with van der Waals surface area (Å²) < 4.78 is 17.2. The maximum Gasteiger partial charge on any atom is 0.144 e. The van der Waals surface area contributed by atoms with Gasteiger partial charge in [-0.3, -0.25) is 0 Å². The van der Waals surface area contributed by atoms with Crippen LogP contribution in [0.1, 0.15) is 63.6 Å². The van der Waals surface area contributed by atoms with Gasteiger partial charge in [-0.2, -0.15) is 5.26 Å². The number of hydrogen-bond donors (Lipinski definition) is 2. The molecule has 0 bridgehead atoms. The molecule has 1 aromatic carbocycles. The number of aliphatic hydroxyl groups is 1. The SMILES string of the molecule is CCCCCCOC(=COCC=C=O)CN[C@H]1c2cc(C#N)ccc2OC(C)(C)[C@@H]1O. The summed E-state index contributed by atoms with van der Waals surface area (Å²) in [5.41, 5.74) is 0.403. The molecule has 0 spiro atoms. The Labute approximate surface area is 184 Å². The minimum Gasteiger partial charge on any atom is -0.493 e. The normalized spacial score (nSPS) is 19.4. The zero-order valence-corrected chi connectivity index (χ0v) is 18.5. The Morgan fingerprint density at radius 2 is 2.16 bits per heavy atom. The van der Waals surface area contributed by atoms with Crippen molar-refractivity contribution in [2.24, 2.45) is 0 Å². The first-order chi connectivity index (χ1) is 14.9. The Morgan fingerprint density at radius 3 is 2.87 bits per heavy atom.